The molecule has 4 rings (SSSR count). The molecule has 0 fully saturated rings. The summed E-state index contributed by atoms with van der Waals surface area (Å²) in [6.07, 6.45) is 3.67. The van der Waals surface area contributed by atoms with Crippen molar-refractivity contribution in [2.24, 2.45) is 0 Å². The Kier molecular flexibility index (Phi) is 4.42. The predicted molar refractivity (Wildman–Crippen MR) is 101 cm³/mol. The topological polar surface area (TPSA) is 53.9 Å². The van der Waals surface area contributed by atoms with Gasteiger partial charge < -0.3 is 10.2 Å². The summed E-state index contributed by atoms with van der Waals surface area (Å²) in [5, 5.41) is 12.5. The van der Waals surface area contributed by atoms with E-state index in [1.54, 1.807) is 24.4 Å². The van der Waals surface area contributed by atoms with Gasteiger partial charge in [0.2, 0.25) is 0 Å². The molecule has 0 aliphatic carbocycles. The Bertz CT molecular complexity index is 895. The standard InChI is InChI=1S/C18H15Cl2N5/c19-13-7-3-8-14(20)17(13)22-16-11-21-24-18(23-16)25-10-4-6-12-5-1-2-9-15(12)25/h1-3,5,7-9,11H,4,6,10H2,(H,22,23,24). The van der Waals surface area contributed by atoms with Crippen molar-refractivity contribution in [3.8, 4) is 0 Å². The molecule has 0 spiro atoms. The Morgan fingerprint density at radius 2 is 1.80 bits per heavy atom. The van der Waals surface area contributed by atoms with Crippen LogP contribution in [-0.2, 0) is 6.42 Å². The summed E-state index contributed by atoms with van der Waals surface area (Å²) in [6, 6.07) is 13.6. The van der Waals surface area contributed by atoms with Gasteiger partial charge in [-0.15, -0.1) is 5.10 Å². The van der Waals surface area contributed by atoms with Gasteiger partial charge in [0, 0.05) is 12.2 Å². The smallest absolute Gasteiger partial charge is 0.251 e. The summed E-state index contributed by atoms with van der Waals surface area (Å²) in [5.41, 5.74) is 3.03. The van der Waals surface area contributed by atoms with E-state index >= 15 is 0 Å². The fraction of sp³-hybridized carbons (Fsp3) is 0.167. The SMILES string of the molecule is Clc1cccc(Cl)c1Nc1cnnc(N2CCCc3ccccc32)n1. The lowest BCUT2D eigenvalue weighted by atomic mass is 10.0. The van der Waals surface area contributed by atoms with Gasteiger partial charge in [0.15, 0.2) is 5.82 Å². The first-order chi connectivity index (χ1) is 12.2. The second-order valence-electron chi connectivity index (χ2n) is 5.75. The Morgan fingerprint density at radius 3 is 2.64 bits per heavy atom. The molecule has 7 heteroatoms. The van der Waals surface area contributed by atoms with Crippen molar-refractivity contribution in [3.05, 3.63) is 64.3 Å². The molecule has 0 radical (unpaired) electrons. The predicted octanol–water partition coefficient (Wildman–Crippen LogP) is 5.01. The highest BCUT2D eigenvalue weighted by Gasteiger charge is 2.20. The summed E-state index contributed by atoms with van der Waals surface area (Å²) < 4.78 is 0. The molecule has 1 aliphatic heterocycles. The lowest BCUT2D eigenvalue weighted by Gasteiger charge is -2.29. The van der Waals surface area contributed by atoms with Crippen molar-refractivity contribution in [2.75, 3.05) is 16.8 Å². The molecule has 5 nitrogen and oxygen atoms in total. The molecule has 0 amide bonds. The van der Waals surface area contributed by atoms with Crippen LogP contribution < -0.4 is 10.2 Å². The highest BCUT2D eigenvalue weighted by atomic mass is 35.5. The molecule has 0 bridgehead atoms. The van der Waals surface area contributed by atoms with Gasteiger partial charge in [-0.1, -0.05) is 47.5 Å². The summed E-state index contributed by atoms with van der Waals surface area (Å²) in [7, 11) is 0. The molecule has 3 aromatic rings. The van der Waals surface area contributed by atoms with Gasteiger partial charge in [-0.3, -0.25) is 0 Å². The fourth-order valence-electron chi connectivity index (χ4n) is 2.96. The van der Waals surface area contributed by atoms with Gasteiger partial charge in [0.1, 0.15) is 0 Å². The zero-order valence-electron chi connectivity index (χ0n) is 13.3. The van der Waals surface area contributed by atoms with Crippen LogP contribution in [0.4, 0.5) is 23.1 Å². The number of rotatable bonds is 3. The Morgan fingerprint density at radius 1 is 1.00 bits per heavy atom. The lowest BCUT2D eigenvalue weighted by molar-refractivity contribution is 0.742. The minimum atomic E-state index is 0.524. The number of hydrogen-bond acceptors (Lipinski definition) is 5. The first-order valence-electron chi connectivity index (χ1n) is 7.98. The maximum atomic E-state index is 6.21. The van der Waals surface area contributed by atoms with E-state index in [4.69, 9.17) is 23.2 Å². The minimum absolute atomic E-state index is 0.524. The monoisotopic (exact) mass is 371 g/mol. The summed E-state index contributed by atoms with van der Waals surface area (Å²) in [5.74, 6) is 1.10. The zero-order valence-corrected chi connectivity index (χ0v) is 14.8. The van der Waals surface area contributed by atoms with Crippen LogP contribution in [0, 0.1) is 0 Å². The molecule has 1 N–H and O–H groups in total. The number of anilines is 4. The van der Waals surface area contributed by atoms with E-state index in [0.29, 0.717) is 27.5 Å². The number of halogens is 2. The number of nitrogens with zero attached hydrogens (tertiary/aromatic N) is 4. The maximum absolute atomic E-state index is 6.21. The van der Waals surface area contributed by atoms with E-state index in [9.17, 15) is 0 Å². The quantitative estimate of drug-likeness (QED) is 0.701. The second kappa shape index (κ2) is 6.86. The minimum Gasteiger partial charge on any atom is -0.336 e. The third kappa shape index (κ3) is 3.25. The van der Waals surface area contributed by atoms with Crippen molar-refractivity contribution in [1.29, 1.82) is 0 Å². The lowest BCUT2D eigenvalue weighted by Crippen LogP contribution is -2.26. The van der Waals surface area contributed by atoms with Crippen LogP contribution in [0.25, 0.3) is 0 Å². The fourth-order valence-corrected chi connectivity index (χ4v) is 3.45. The maximum Gasteiger partial charge on any atom is 0.251 e. The molecule has 25 heavy (non-hydrogen) atoms. The molecule has 0 atom stereocenters. The van der Waals surface area contributed by atoms with Gasteiger partial charge in [-0.25, -0.2) is 0 Å². The molecular formula is C18H15Cl2N5. The Labute approximate surface area is 155 Å². The third-order valence-corrected chi connectivity index (χ3v) is 4.75. The van der Waals surface area contributed by atoms with Crippen LogP contribution in [0.3, 0.4) is 0 Å². The van der Waals surface area contributed by atoms with Crippen LogP contribution in [0.15, 0.2) is 48.7 Å². The average Bonchev–Trinajstić information content (AvgIpc) is 2.65. The van der Waals surface area contributed by atoms with E-state index < -0.39 is 0 Å². The number of nitrogens with one attached hydrogen (secondary N) is 1. The van der Waals surface area contributed by atoms with Crippen LogP contribution in [0.2, 0.25) is 10.0 Å². The highest BCUT2D eigenvalue weighted by molar-refractivity contribution is 6.39. The van der Waals surface area contributed by atoms with Crippen molar-refractivity contribution in [3.63, 3.8) is 0 Å². The van der Waals surface area contributed by atoms with E-state index in [2.05, 4.69) is 43.6 Å². The second-order valence-corrected chi connectivity index (χ2v) is 6.56. The van der Waals surface area contributed by atoms with Crippen molar-refractivity contribution in [2.45, 2.75) is 12.8 Å². The van der Waals surface area contributed by atoms with Gasteiger partial charge in [0.05, 0.1) is 21.9 Å². The Hall–Kier alpha value is -2.37. The first kappa shape index (κ1) is 16.1. The summed E-state index contributed by atoms with van der Waals surface area (Å²) in [6.45, 7) is 0.856. The molecule has 0 saturated heterocycles. The van der Waals surface area contributed by atoms with E-state index in [1.807, 2.05) is 6.07 Å². The molecule has 2 heterocycles. The first-order valence-corrected chi connectivity index (χ1v) is 8.74. The number of aromatic nitrogens is 3. The third-order valence-electron chi connectivity index (χ3n) is 4.12. The van der Waals surface area contributed by atoms with Crippen LogP contribution in [-0.4, -0.2) is 21.7 Å². The highest BCUT2D eigenvalue weighted by Crippen LogP contribution is 2.34. The molecule has 2 aromatic carbocycles. The molecule has 126 valence electrons. The molecule has 1 aromatic heterocycles. The Balaban J connectivity index is 1.67. The number of benzene rings is 2. The summed E-state index contributed by atoms with van der Waals surface area (Å²) in [4.78, 5) is 6.69. The normalized spacial score (nSPS) is 13.4. The number of fused-ring (bicyclic) bond motifs is 1. The van der Waals surface area contributed by atoms with E-state index in [-0.39, 0.29) is 0 Å². The largest absolute Gasteiger partial charge is 0.336 e. The van der Waals surface area contributed by atoms with Crippen molar-refractivity contribution < 1.29 is 0 Å². The van der Waals surface area contributed by atoms with Crippen LogP contribution >= 0.6 is 23.2 Å². The van der Waals surface area contributed by atoms with Crippen LogP contribution in [0.5, 0.6) is 0 Å². The van der Waals surface area contributed by atoms with Crippen LogP contribution in [0.1, 0.15) is 12.0 Å². The number of aryl methyl sites for hydroxylation is 1. The zero-order chi connectivity index (χ0) is 17.2. The molecule has 0 saturated carbocycles. The van der Waals surface area contributed by atoms with Gasteiger partial charge in [-0.05, 0) is 36.6 Å². The van der Waals surface area contributed by atoms with Crippen molar-refractivity contribution >= 4 is 46.3 Å². The van der Waals surface area contributed by atoms with E-state index in [0.717, 1.165) is 25.1 Å². The number of para-hydroxylation sites is 2. The average molecular weight is 372 g/mol. The molecular weight excluding hydrogens is 357 g/mol. The number of hydrogen-bond donors (Lipinski definition) is 1. The molecule has 0 unspecified atom stereocenters. The molecule has 1 aliphatic rings. The van der Waals surface area contributed by atoms with Gasteiger partial charge in [0.25, 0.3) is 5.95 Å². The summed E-state index contributed by atoms with van der Waals surface area (Å²) >= 11 is 12.4. The van der Waals surface area contributed by atoms with Crippen molar-refractivity contribution in [1.82, 2.24) is 15.2 Å². The van der Waals surface area contributed by atoms with E-state index in [1.165, 1.54) is 5.56 Å². The van der Waals surface area contributed by atoms with Gasteiger partial charge >= 0.3 is 0 Å². The van der Waals surface area contributed by atoms with Gasteiger partial charge in [-0.2, -0.15) is 10.1 Å².